The van der Waals surface area contributed by atoms with Gasteiger partial charge in [-0.25, -0.2) is 9.97 Å². The Bertz CT molecular complexity index is 1030. The van der Waals surface area contributed by atoms with Gasteiger partial charge in [-0.1, -0.05) is 29.8 Å². The van der Waals surface area contributed by atoms with Gasteiger partial charge in [0.05, 0.1) is 16.6 Å². The van der Waals surface area contributed by atoms with Crippen molar-refractivity contribution in [2.75, 3.05) is 25.5 Å². The zero-order chi connectivity index (χ0) is 20.2. The maximum atomic E-state index is 8.54. The molecule has 4 rings (SSSR count). The lowest BCUT2D eigenvalue weighted by Gasteiger charge is -2.20. The second kappa shape index (κ2) is 8.60. The fourth-order valence-electron chi connectivity index (χ4n) is 3.35. The Balaban J connectivity index is 1.34. The van der Waals surface area contributed by atoms with E-state index in [-0.39, 0.29) is 6.04 Å². The molecule has 1 aliphatic heterocycles. The molecular weight excluding hydrogens is 384 g/mol. The molecule has 3 N–H and O–H groups in total. The average molecular weight is 409 g/mol. The first-order valence-electron chi connectivity index (χ1n) is 9.55. The number of H-pyrrole nitrogens is 1. The van der Waals surface area contributed by atoms with Crippen LogP contribution in [0, 0.1) is 12.3 Å². The van der Waals surface area contributed by atoms with Crippen molar-refractivity contribution in [2.24, 2.45) is 4.99 Å². The molecule has 1 saturated heterocycles. The second-order valence-electron chi connectivity index (χ2n) is 7.12. The molecule has 0 spiro atoms. The molecule has 0 aliphatic carbocycles. The summed E-state index contributed by atoms with van der Waals surface area (Å²) >= 11 is 1.44. The number of aryl methyl sites for hydroxylation is 1. The number of nitrogens with zero attached hydrogens (tertiary/aromatic N) is 5. The number of thioether (sulfide) groups is 1. The van der Waals surface area contributed by atoms with E-state index >= 15 is 0 Å². The molecule has 1 aromatic carbocycles. The van der Waals surface area contributed by atoms with Crippen molar-refractivity contribution in [2.45, 2.75) is 25.8 Å². The van der Waals surface area contributed by atoms with Crippen molar-refractivity contribution in [1.29, 1.82) is 5.41 Å². The number of fused-ring (bicyclic) bond motifs is 1. The summed E-state index contributed by atoms with van der Waals surface area (Å²) in [5.41, 5.74) is 3.18. The molecule has 0 radical (unpaired) electrons. The number of rotatable bonds is 4. The monoisotopic (exact) mass is 408 g/mol. The highest BCUT2D eigenvalue weighted by molar-refractivity contribution is 8.26. The number of aromatic nitrogens is 4. The van der Waals surface area contributed by atoms with Gasteiger partial charge < -0.3 is 10.2 Å². The Morgan fingerprint density at radius 3 is 2.97 bits per heavy atom. The molecule has 3 heterocycles. The lowest BCUT2D eigenvalue weighted by molar-refractivity contribution is 0.521. The quantitative estimate of drug-likeness (QED) is 0.452. The summed E-state index contributed by atoms with van der Waals surface area (Å²) in [4.78, 5) is 15.0. The third-order valence-electron chi connectivity index (χ3n) is 5.00. The number of amidine groups is 1. The molecule has 29 heavy (non-hydrogen) atoms. The van der Waals surface area contributed by atoms with Gasteiger partial charge >= 0.3 is 0 Å². The highest BCUT2D eigenvalue weighted by Gasteiger charge is 2.26. The van der Waals surface area contributed by atoms with Crippen molar-refractivity contribution < 1.29 is 0 Å². The van der Waals surface area contributed by atoms with E-state index in [0.717, 1.165) is 47.8 Å². The standard InChI is InChI=1S/C20H24N8S/c1-13-3-5-14(6-4-13)9-17(22-2)29-20(21)28-8-7-15(11-28)26-18-16-10-25-27-19(16)24-12-23-18/h3-6,10,12,15,21H,7-9,11H2,1-2H3,(H2,23,24,25,26,27)/t15-/m0/s1. The summed E-state index contributed by atoms with van der Waals surface area (Å²) in [5.74, 6) is 0.782. The van der Waals surface area contributed by atoms with E-state index in [1.165, 1.54) is 29.2 Å². The van der Waals surface area contributed by atoms with Crippen molar-refractivity contribution in [3.8, 4) is 0 Å². The predicted octanol–water partition coefficient (Wildman–Crippen LogP) is 3.09. The number of anilines is 1. The van der Waals surface area contributed by atoms with Crippen LogP contribution in [0.2, 0.25) is 0 Å². The first-order chi connectivity index (χ1) is 14.1. The molecular formula is C20H24N8S. The van der Waals surface area contributed by atoms with Crippen LogP contribution in [0.25, 0.3) is 11.0 Å². The van der Waals surface area contributed by atoms with Crippen LogP contribution in [0.3, 0.4) is 0 Å². The number of nitrogens with one attached hydrogen (secondary N) is 3. The molecule has 1 fully saturated rings. The highest BCUT2D eigenvalue weighted by atomic mass is 32.2. The van der Waals surface area contributed by atoms with Gasteiger partial charge in [0.15, 0.2) is 10.8 Å². The lowest BCUT2D eigenvalue weighted by atomic mass is 10.1. The Kier molecular flexibility index (Phi) is 5.75. The zero-order valence-corrected chi connectivity index (χ0v) is 17.3. The fraction of sp³-hybridized carbons (Fsp3) is 0.350. The summed E-state index contributed by atoms with van der Waals surface area (Å²) in [7, 11) is 1.80. The minimum Gasteiger partial charge on any atom is -0.365 e. The largest absolute Gasteiger partial charge is 0.365 e. The van der Waals surface area contributed by atoms with E-state index in [1.54, 1.807) is 13.2 Å². The first-order valence-corrected chi connectivity index (χ1v) is 10.4. The van der Waals surface area contributed by atoms with Crippen LogP contribution in [0.15, 0.2) is 41.8 Å². The van der Waals surface area contributed by atoms with E-state index in [9.17, 15) is 0 Å². The van der Waals surface area contributed by atoms with E-state index in [0.29, 0.717) is 5.17 Å². The van der Waals surface area contributed by atoms with E-state index in [2.05, 4.69) is 66.6 Å². The third-order valence-corrected chi connectivity index (χ3v) is 6.02. The maximum Gasteiger partial charge on any atom is 0.162 e. The van der Waals surface area contributed by atoms with Crippen LogP contribution in [0.5, 0.6) is 0 Å². The number of aromatic amines is 1. The third kappa shape index (κ3) is 4.56. The normalized spacial score (nSPS) is 17.1. The molecule has 1 atom stereocenters. The Labute approximate surface area is 173 Å². The number of hydrogen-bond acceptors (Lipinski definition) is 7. The van der Waals surface area contributed by atoms with E-state index in [1.807, 2.05) is 0 Å². The van der Waals surface area contributed by atoms with Gasteiger partial charge in [0.2, 0.25) is 0 Å². The highest BCUT2D eigenvalue weighted by Crippen LogP contribution is 2.23. The van der Waals surface area contributed by atoms with Gasteiger partial charge in [0, 0.05) is 32.6 Å². The Hall–Kier alpha value is -2.94. The van der Waals surface area contributed by atoms with Crippen LogP contribution >= 0.6 is 11.8 Å². The molecule has 0 unspecified atom stereocenters. The van der Waals surface area contributed by atoms with Gasteiger partial charge in [-0.15, -0.1) is 0 Å². The number of hydrogen-bond donors (Lipinski definition) is 3. The van der Waals surface area contributed by atoms with Gasteiger partial charge in [-0.05, 0) is 30.7 Å². The summed E-state index contributed by atoms with van der Waals surface area (Å²) in [6.45, 7) is 3.68. The van der Waals surface area contributed by atoms with Crippen LogP contribution < -0.4 is 5.32 Å². The summed E-state index contributed by atoms with van der Waals surface area (Å²) in [6.07, 6.45) is 4.96. The van der Waals surface area contributed by atoms with E-state index < -0.39 is 0 Å². The van der Waals surface area contributed by atoms with Crippen molar-refractivity contribution in [3.63, 3.8) is 0 Å². The lowest BCUT2D eigenvalue weighted by Crippen LogP contribution is -2.30. The van der Waals surface area contributed by atoms with Crippen LogP contribution in [0.1, 0.15) is 17.5 Å². The summed E-state index contributed by atoms with van der Waals surface area (Å²) in [6, 6.07) is 8.69. The van der Waals surface area contributed by atoms with Gasteiger partial charge in [-0.2, -0.15) is 5.10 Å². The number of benzene rings is 1. The molecule has 9 heteroatoms. The summed E-state index contributed by atoms with van der Waals surface area (Å²) < 4.78 is 0. The minimum absolute atomic E-state index is 0.225. The molecule has 3 aromatic rings. The average Bonchev–Trinajstić information content (AvgIpc) is 3.39. The smallest absolute Gasteiger partial charge is 0.162 e. The van der Waals surface area contributed by atoms with Crippen LogP contribution in [0.4, 0.5) is 5.82 Å². The Morgan fingerprint density at radius 2 is 2.17 bits per heavy atom. The molecule has 0 saturated carbocycles. The first kappa shape index (κ1) is 19.4. The van der Waals surface area contributed by atoms with Gasteiger partial charge in [0.1, 0.15) is 12.1 Å². The van der Waals surface area contributed by atoms with Crippen molar-refractivity contribution in [1.82, 2.24) is 25.1 Å². The minimum atomic E-state index is 0.225. The van der Waals surface area contributed by atoms with Crippen LogP contribution in [-0.2, 0) is 6.42 Å². The second-order valence-corrected chi connectivity index (χ2v) is 8.18. The van der Waals surface area contributed by atoms with E-state index in [4.69, 9.17) is 5.41 Å². The SMILES string of the molecule is CN=C(Cc1ccc(C)cc1)SC(=N)N1CC[C@H](Nc2ncnc3[nH]ncc23)C1. The number of aliphatic imine (C=N–C) groups is 1. The molecule has 0 bridgehead atoms. The molecule has 8 nitrogen and oxygen atoms in total. The zero-order valence-electron chi connectivity index (χ0n) is 16.5. The maximum absolute atomic E-state index is 8.54. The fourth-order valence-corrected chi connectivity index (χ4v) is 4.20. The van der Waals surface area contributed by atoms with Crippen molar-refractivity contribution in [3.05, 3.63) is 47.9 Å². The number of likely N-dealkylation sites (tertiary alicyclic amines) is 1. The van der Waals surface area contributed by atoms with Crippen LogP contribution in [-0.4, -0.2) is 61.5 Å². The topological polar surface area (TPSA) is 106 Å². The molecule has 150 valence electrons. The summed E-state index contributed by atoms with van der Waals surface area (Å²) in [5, 5.41) is 21.3. The predicted molar refractivity (Wildman–Crippen MR) is 119 cm³/mol. The van der Waals surface area contributed by atoms with Crippen molar-refractivity contribution >= 4 is 38.8 Å². The van der Waals surface area contributed by atoms with Gasteiger partial charge in [-0.3, -0.25) is 15.5 Å². The Morgan fingerprint density at radius 1 is 1.34 bits per heavy atom. The molecule has 1 aliphatic rings. The molecule has 2 aromatic heterocycles. The molecule has 0 amide bonds. The van der Waals surface area contributed by atoms with Gasteiger partial charge in [0.25, 0.3) is 0 Å².